The van der Waals surface area contributed by atoms with Crippen LogP contribution in [-0.4, -0.2) is 20.2 Å². The molecular weight excluding hydrogens is 235 g/mol. The summed E-state index contributed by atoms with van der Waals surface area (Å²) in [6, 6.07) is 2.87. The molecule has 88 valence electrons. The molecule has 0 atom stereocenters. The van der Waals surface area contributed by atoms with Crippen molar-refractivity contribution in [2.24, 2.45) is 0 Å². The maximum Gasteiger partial charge on any atom is 0.309 e. The molecule has 5 heteroatoms. The van der Waals surface area contributed by atoms with Crippen LogP contribution in [0, 0.1) is 5.82 Å². The molecule has 0 aliphatic carbocycles. The number of halogens is 2. The molecule has 0 saturated carbocycles. The van der Waals surface area contributed by atoms with Gasteiger partial charge in [0.2, 0.25) is 0 Å². The van der Waals surface area contributed by atoms with Crippen molar-refractivity contribution in [1.29, 1.82) is 0 Å². The molecule has 0 unspecified atom stereocenters. The molecule has 1 aromatic rings. The number of hydrogen-bond donors (Lipinski definition) is 0. The van der Waals surface area contributed by atoms with Crippen LogP contribution in [0.3, 0.4) is 0 Å². The molecule has 0 amide bonds. The van der Waals surface area contributed by atoms with Gasteiger partial charge in [0.05, 0.1) is 26.5 Å². The molecule has 1 aromatic carbocycles. The molecule has 0 heterocycles. The van der Waals surface area contributed by atoms with Crippen LogP contribution in [0.1, 0.15) is 11.1 Å². The molecule has 16 heavy (non-hydrogen) atoms. The molecule has 3 nitrogen and oxygen atoms in total. The highest BCUT2D eigenvalue weighted by Crippen LogP contribution is 2.26. The van der Waals surface area contributed by atoms with E-state index in [1.165, 1.54) is 20.3 Å². The average molecular weight is 247 g/mol. The number of benzene rings is 1. The van der Waals surface area contributed by atoms with Gasteiger partial charge in [0.1, 0.15) is 0 Å². The third-order valence-corrected chi connectivity index (χ3v) is 2.39. The van der Waals surface area contributed by atoms with Crippen molar-refractivity contribution >= 4 is 17.6 Å². The fourth-order valence-electron chi connectivity index (χ4n) is 1.38. The van der Waals surface area contributed by atoms with E-state index in [0.717, 1.165) is 0 Å². The van der Waals surface area contributed by atoms with E-state index in [9.17, 15) is 9.18 Å². The Kier molecular flexibility index (Phi) is 4.55. The van der Waals surface area contributed by atoms with Crippen molar-refractivity contribution in [2.75, 3.05) is 14.2 Å². The number of rotatable bonds is 4. The molecule has 1 rings (SSSR count). The van der Waals surface area contributed by atoms with E-state index < -0.39 is 11.8 Å². The third kappa shape index (κ3) is 2.85. The fraction of sp³-hybridized carbons (Fsp3) is 0.364. The van der Waals surface area contributed by atoms with Crippen molar-refractivity contribution in [3.8, 4) is 5.75 Å². The summed E-state index contributed by atoms with van der Waals surface area (Å²) in [6.07, 6.45) is 0.0152. The molecular formula is C11H12ClFO3. The number of esters is 1. The lowest BCUT2D eigenvalue weighted by molar-refractivity contribution is -0.139. The molecule has 0 radical (unpaired) electrons. The van der Waals surface area contributed by atoms with Gasteiger partial charge in [-0.1, -0.05) is 6.07 Å². The fourth-order valence-corrected chi connectivity index (χ4v) is 1.58. The number of ether oxygens (including phenoxy) is 2. The topological polar surface area (TPSA) is 35.5 Å². The summed E-state index contributed by atoms with van der Waals surface area (Å²) in [4.78, 5) is 11.0. The molecule has 0 fully saturated rings. The van der Waals surface area contributed by atoms with Crippen molar-refractivity contribution in [3.05, 3.63) is 29.1 Å². The number of alkyl halides is 1. The zero-order valence-electron chi connectivity index (χ0n) is 9.05. The van der Waals surface area contributed by atoms with E-state index in [4.69, 9.17) is 16.3 Å². The van der Waals surface area contributed by atoms with Crippen LogP contribution in [0.2, 0.25) is 0 Å². The van der Waals surface area contributed by atoms with Crippen LogP contribution in [0.4, 0.5) is 4.39 Å². The lowest BCUT2D eigenvalue weighted by Gasteiger charge is -2.09. The molecule has 0 bridgehead atoms. The first-order chi connectivity index (χ1) is 7.62. The first-order valence-electron chi connectivity index (χ1n) is 4.60. The van der Waals surface area contributed by atoms with Crippen LogP contribution in [-0.2, 0) is 21.8 Å². The van der Waals surface area contributed by atoms with E-state index in [0.29, 0.717) is 11.1 Å². The van der Waals surface area contributed by atoms with Gasteiger partial charge in [-0.2, -0.15) is 0 Å². The summed E-state index contributed by atoms with van der Waals surface area (Å²) >= 11 is 5.66. The van der Waals surface area contributed by atoms with Crippen LogP contribution in [0.5, 0.6) is 5.75 Å². The molecule has 0 aromatic heterocycles. The molecule has 0 aliphatic rings. The Morgan fingerprint density at radius 2 is 2.12 bits per heavy atom. The second-order valence-electron chi connectivity index (χ2n) is 3.16. The lowest BCUT2D eigenvalue weighted by Crippen LogP contribution is -2.06. The lowest BCUT2D eigenvalue weighted by atomic mass is 10.1. The first kappa shape index (κ1) is 12.8. The Morgan fingerprint density at radius 1 is 1.44 bits per heavy atom. The summed E-state index contributed by atoms with van der Waals surface area (Å²) in [5.74, 6) is -0.719. The quantitative estimate of drug-likeness (QED) is 0.604. The van der Waals surface area contributed by atoms with Crippen LogP contribution < -0.4 is 4.74 Å². The zero-order valence-corrected chi connectivity index (χ0v) is 9.81. The Morgan fingerprint density at radius 3 is 2.62 bits per heavy atom. The Balaban J connectivity index is 3.05. The molecule has 0 spiro atoms. The van der Waals surface area contributed by atoms with Gasteiger partial charge in [0, 0.05) is 5.56 Å². The molecule has 0 aliphatic heterocycles. The summed E-state index contributed by atoms with van der Waals surface area (Å²) in [6.45, 7) is 0. The maximum atomic E-state index is 13.5. The monoisotopic (exact) mass is 246 g/mol. The zero-order chi connectivity index (χ0) is 12.1. The minimum atomic E-state index is -0.528. The minimum Gasteiger partial charge on any atom is -0.493 e. The van der Waals surface area contributed by atoms with Crippen molar-refractivity contribution < 1.29 is 18.7 Å². The van der Waals surface area contributed by atoms with Gasteiger partial charge in [0.15, 0.2) is 11.6 Å². The van der Waals surface area contributed by atoms with Gasteiger partial charge in [0.25, 0.3) is 0 Å². The SMILES string of the molecule is COC(=O)Cc1cc(F)c(OC)c(CCl)c1. The number of hydrogen-bond acceptors (Lipinski definition) is 3. The second-order valence-corrected chi connectivity index (χ2v) is 3.42. The highest BCUT2D eigenvalue weighted by Gasteiger charge is 2.12. The first-order valence-corrected chi connectivity index (χ1v) is 5.13. The standard InChI is InChI=1S/C11H12ClFO3/c1-15-10(14)5-7-3-8(6-12)11(16-2)9(13)4-7/h3-4H,5-6H2,1-2H3. The van der Waals surface area contributed by atoms with Crippen molar-refractivity contribution in [2.45, 2.75) is 12.3 Å². The van der Waals surface area contributed by atoms with E-state index in [1.54, 1.807) is 6.07 Å². The highest BCUT2D eigenvalue weighted by atomic mass is 35.5. The average Bonchev–Trinajstić information content (AvgIpc) is 2.28. The predicted octanol–water partition coefficient (Wildman–Crippen LogP) is 2.29. The van der Waals surface area contributed by atoms with Gasteiger partial charge in [-0.15, -0.1) is 11.6 Å². The van der Waals surface area contributed by atoms with E-state index in [1.807, 2.05) is 0 Å². The van der Waals surface area contributed by atoms with Gasteiger partial charge in [-0.3, -0.25) is 4.79 Å². The summed E-state index contributed by atoms with van der Waals surface area (Å²) in [7, 11) is 2.65. The predicted molar refractivity (Wildman–Crippen MR) is 58.2 cm³/mol. The highest BCUT2D eigenvalue weighted by molar-refractivity contribution is 6.17. The maximum absolute atomic E-state index is 13.5. The Bertz CT molecular complexity index is 393. The summed E-state index contributed by atoms with van der Waals surface area (Å²) < 4.78 is 22.9. The van der Waals surface area contributed by atoms with Crippen molar-refractivity contribution in [3.63, 3.8) is 0 Å². The normalized spacial score (nSPS) is 10.0. The van der Waals surface area contributed by atoms with Gasteiger partial charge >= 0.3 is 5.97 Å². The van der Waals surface area contributed by atoms with E-state index in [2.05, 4.69) is 4.74 Å². The summed E-state index contributed by atoms with van der Waals surface area (Å²) in [5, 5.41) is 0. The molecule has 0 N–H and O–H groups in total. The van der Waals surface area contributed by atoms with E-state index >= 15 is 0 Å². The van der Waals surface area contributed by atoms with Crippen LogP contribution >= 0.6 is 11.6 Å². The molecule has 0 saturated heterocycles. The van der Waals surface area contributed by atoms with Crippen LogP contribution in [0.25, 0.3) is 0 Å². The Labute approximate surface area is 98.1 Å². The van der Waals surface area contributed by atoms with Gasteiger partial charge in [-0.25, -0.2) is 4.39 Å². The number of methoxy groups -OCH3 is 2. The van der Waals surface area contributed by atoms with Gasteiger partial charge < -0.3 is 9.47 Å². The van der Waals surface area contributed by atoms with Gasteiger partial charge in [-0.05, 0) is 11.6 Å². The third-order valence-electron chi connectivity index (χ3n) is 2.10. The Hall–Kier alpha value is -1.29. The smallest absolute Gasteiger partial charge is 0.309 e. The number of carbonyl (C=O) groups is 1. The summed E-state index contributed by atoms with van der Waals surface area (Å²) in [5.41, 5.74) is 1.03. The minimum absolute atomic E-state index is 0.0152. The largest absolute Gasteiger partial charge is 0.493 e. The second kappa shape index (κ2) is 5.70. The van der Waals surface area contributed by atoms with Crippen molar-refractivity contribution in [1.82, 2.24) is 0 Å². The van der Waals surface area contributed by atoms with E-state index in [-0.39, 0.29) is 18.1 Å². The van der Waals surface area contributed by atoms with Crippen LogP contribution in [0.15, 0.2) is 12.1 Å². The number of carbonyl (C=O) groups excluding carboxylic acids is 1.